The van der Waals surface area contributed by atoms with Crippen LogP contribution >= 0.6 is 0 Å². The van der Waals surface area contributed by atoms with E-state index in [0.29, 0.717) is 31.4 Å². The van der Waals surface area contributed by atoms with Gasteiger partial charge in [-0.3, -0.25) is 9.48 Å². The van der Waals surface area contributed by atoms with Crippen molar-refractivity contribution in [3.05, 3.63) is 17.5 Å². The van der Waals surface area contributed by atoms with Gasteiger partial charge in [-0.05, 0) is 45.1 Å². The highest BCUT2D eigenvalue weighted by molar-refractivity contribution is 5.92. The summed E-state index contributed by atoms with van der Waals surface area (Å²) in [6.45, 7) is 7.67. The van der Waals surface area contributed by atoms with E-state index in [-0.39, 0.29) is 18.1 Å². The van der Waals surface area contributed by atoms with Crippen LogP contribution in [0.4, 0.5) is 0 Å². The fraction of sp³-hybridized carbons (Fsp3) is 0.750. The van der Waals surface area contributed by atoms with Crippen LogP contribution < -0.4 is 5.32 Å². The molecule has 0 bridgehead atoms. The van der Waals surface area contributed by atoms with Crippen LogP contribution in [0, 0.1) is 12.8 Å². The fourth-order valence-electron chi connectivity index (χ4n) is 2.95. The maximum atomic E-state index is 12.5. The monoisotopic (exact) mass is 309 g/mol. The van der Waals surface area contributed by atoms with Crippen molar-refractivity contribution >= 4 is 5.91 Å². The van der Waals surface area contributed by atoms with Crippen LogP contribution in [-0.2, 0) is 11.3 Å². The fourth-order valence-corrected chi connectivity index (χ4v) is 2.95. The number of amides is 1. The molecular formula is C16H27N3O3. The number of aliphatic hydroxyl groups is 1. The number of hydrogen-bond donors (Lipinski definition) is 2. The van der Waals surface area contributed by atoms with E-state index in [2.05, 4.69) is 17.3 Å². The second-order valence-electron chi connectivity index (χ2n) is 5.96. The van der Waals surface area contributed by atoms with Gasteiger partial charge in [-0.1, -0.05) is 6.92 Å². The summed E-state index contributed by atoms with van der Waals surface area (Å²) in [5, 5.41) is 16.9. The summed E-state index contributed by atoms with van der Waals surface area (Å²) in [5.41, 5.74) is 1.41. The Morgan fingerprint density at radius 3 is 2.86 bits per heavy atom. The Morgan fingerprint density at radius 1 is 1.55 bits per heavy atom. The normalized spacial score (nSPS) is 22.2. The minimum atomic E-state index is -0.199. The van der Waals surface area contributed by atoms with Crippen LogP contribution in [0.15, 0.2) is 6.07 Å². The molecule has 1 heterocycles. The van der Waals surface area contributed by atoms with Crippen molar-refractivity contribution < 1.29 is 14.6 Å². The smallest absolute Gasteiger partial charge is 0.269 e. The van der Waals surface area contributed by atoms with E-state index < -0.39 is 0 Å². The lowest BCUT2D eigenvalue weighted by atomic mass is 9.76. The molecule has 124 valence electrons. The van der Waals surface area contributed by atoms with Crippen molar-refractivity contribution in [3.63, 3.8) is 0 Å². The van der Waals surface area contributed by atoms with E-state index in [4.69, 9.17) is 4.74 Å². The maximum absolute atomic E-state index is 12.5. The van der Waals surface area contributed by atoms with Crippen molar-refractivity contribution in [2.24, 2.45) is 5.92 Å². The second kappa shape index (κ2) is 7.74. The average Bonchev–Trinajstić information content (AvgIpc) is 2.83. The van der Waals surface area contributed by atoms with Gasteiger partial charge in [0, 0.05) is 12.6 Å². The van der Waals surface area contributed by atoms with Crippen molar-refractivity contribution in [2.75, 3.05) is 13.2 Å². The molecule has 22 heavy (non-hydrogen) atoms. The molecular weight excluding hydrogens is 282 g/mol. The molecule has 2 rings (SSSR count). The molecule has 1 amide bonds. The first-order valence-electron chi connectivity index (χ1n) is 8.16. The Kier molecular flexibility index (Phi) is 5.97. The van der Waals surface area contributed by atoms with Gasteiger partial charge in [0.25, 0.3) is 5.91 Å². The highest BCUT2D eigenvalue weighted by atomic mass is 16.5. The Bertz CT molecular complexity index is 495. The third kappa shape index (κ3) is 4.08. The van der Waals surface area contributed by atoms with Crippen LogP contribution in [0.3, 0.4) is 0 Å². The molecule has 1 saturated carbocycles. The van der Waals surface area contributed by atoms with Gasteiger partial charge >= 0.3 is 0 Å². The van der Waals surface area contributed by atoms with Gasteiger partial charge in [0.05, 0.1) is 24.9 Å². The number of nitrogens with one attached hydrogen (secondary N) is 1. The molecule has 1 unspecified atom stereocenters. The number of ether oxygens (including phenoxy) is 1. The van der Waals surface area contributed by atoms with E-state index in [9.17, 15) is 9.90 Å². The number of aryl methyl sites for hydroxylation is 1. The molecule has 1 aliphatic rings. The molecule has 1 aromatic rings. The van der Waals surface area contributed by atoms with Crippen molar-refractivity contribution in [1.82, 2.24) is 15.1 Å². The molecule has 6 heteroatoms. The van der Waals surface area contributed by atoms with E-state index in [1.807, 2.05) is 19.9 Å². The number of carbonyl (C=O) groups is 1. The maximum Gasteiger partial charge on any atom is 0.269 e. The lowest BCUT2D eigenvalue weighted by molar-refractivity contribution is 0.0231. The standard InChI is InChI=1S/C16H27N3O3/c1-4-14(12-9-13(20)10-12)17-16(21)15-8-11(3)18-19(15)6-7-22-5-2/h8,12-14,20H,4-7,9-10H2,1-3H3,(H,17,21). The Morgan fingerprint density at radius 2 is 2.27 bits per heavy atom. The van der Waals surface area contributed by atoms with Crippen molar-refractivity contribution in [3.8, 4) is 0 Å². The van der Waals surface area contributed by atoms with E-state index >= 15 is 0 Å². The zero-order chi connectivity index (χ0) is 16.1. The van der Waals surface area contributed by atoms with Crippen molar-refractivity contribution in [2.45, 2.75) is 58.7 Å². The number of hydrogen-bond acceptors (Lipinski definition) is 4. The molecule has 0 radical (unpaired) electrons. The van der Waals surface area contributed by atoms with E-state index in [1.54, 1.807) is 4.68 Å². The van der Waals surface area contributed by atoms with Gasteiger partial charge in [0.1, 0.15) is 5.69 Å². The summed E-state index contributed by atoms with van der Waals surface area (Å²) in [4.78, 5) is 12.5. The Hall–Kier alpha value is -1.40. The van der Waals surface area contributed by atoms with Gasteiger partial charge in [0.2, 0.25) is 0 Å². The van der Waals surface area contributed by atoms with Crippen LogP contribution in [0.1, 0.15) is 49.3 Å². The number of aliphatic hydroxyl groups excluding tert-OH is 1. The largest absolute Gasteiger partial charge is 0.393 e. The van der Waals surface area contributed by atoms with Gasteiger partial charge in [-0.2, -0.15) is 5.10 Å². The Balaban J connectivity index is 1.98. The quantitative estimate of drug-likeness (QED) is 0.714. The summed E-state index contributed by atoms with van der Waals surface area (Å²) >= 11 is 0. The highest BCUT2D eigenvalue weighted by Gasteiger charge is 2.34. The molecule has 1 aromatic heterocycles. The van der Waals surface area contributed by atoms with Crippen LogP contribution in [0.2, 0.25) is 0 Å². The zero-order valence-corrected chi connectivity index (χ0v) is 13.7. The van der Waals surface area contributed by atoms with Crippen LogP contribution in [0.5, 0.6) is 0 Å². The molecule has 0 saturated heterocycles. The molecule has 0 spiro atoms. The minimum absolute atomic E-state index is 0.0923. The van der Waals surface area contributed by atoms with Gasteiger partial charge in [0.15, 0.2) is 0 Å². The number of nitrogens with zero attached hydrogens (tertiary/aromatic N) is 2. The predicted octanol–water partition coefficient (Wildman–Crippen LogP) is 1.51. The topological polar surface area (TPSA) is 76.4 Å². The second-order valence-corrected chi connectivity index (χ2v) is 5.96. The molecule has 1 fully saturated rings. The minimum Gasteiger partial charge on any atom is -0.393 e. The van der Waals surface area contributed by atoms with Gasteiger partial charge in [-0.25, -0.2) is 0 Å². The third-order valence-electron chi connectivity index (χ3n) is 4.26. The Labute approximate surface area is 131 Å². The summed E-state index contributed by atoms with van der Waals surface area (Å²) in [6, 6.07) is 1.93. The summed E-state index contributed by atoms with van der Waals surface area (Å²) < 4.78 is 7.05. The third-order valence-corrected chi connectivity index (χ3v) is 4.26. The van der Waals surface area contributed by atoms with Gasteiger partial charge in [-0.15, -0.1) is 0 Å². The van der Waals surface area contributed by atoms with Crippen LogP contribution in [0.25, 0.3) is 0 Å². The highest BCUT2D eigenvalue weighted by Crippen LogP contribution is 2.31. The molecule has 0 aliphatic heterocycles. The molecule has 1 atom stereocenters. The molecule has 6 nitrogen and oxygen atoms in total. The number of carbonyl (C=O) groups excluding carboxylic acids is 1. The summed E-state index contributed by atoms with van der Waals surface area (Å²) in [6.07, 6.45) is 2.23. The summed E-state index contributed by atoms with van der Waals surface area (Å²) in [5.74, 6) is 0.287. The zero-order valence-electron chi connectivity index (χ0n) is 13.7. The van der Waals surface area contributed by atoms with Gasteiger partial charge < -0.3 is 15.2 Å². The van der Waals surface area contributed by atoms with E-state index in [1.165, 1.54) is 0 Å². The lowest BCUT2D eigenvalue weighted by Crippen LogP contribution is -2.47. The lowest BCUT2D eigenvalue weighted by Gasteiger charge is -2.37. The molecule has 2 N–H and O–H groups in total. The first-order chi connectivity index (χ1) is 10.5. The number of aromatic nitrogens is 2. The van der Waals surface area contributed by atoms with Crippen molar-refractivity contribution in [1.29, 1.82) is 0 Å². The predicted molar refractivity (Wildman–Crippen MR) is 83.7 cm³/mol. The first kappa shape index (κ1) is 17.0. The van der Waals surface area contributed by atoms with E-state index in [0.717, 1.165) is 25.0 Å². The molecule has 1 aliphatic carbocycles. The SMILES string of the molecule is CCOCCn1nc(C)cc1C(=O)NC(CC)C1CC(O)C1. The first-order valence-corrected chi connectivity index (χ1v) is 8.16. The number of rotatable bonds is 8. The molecule has 0 aromatic carbocycles. The average molecular weight is 309 g/mol. The van der Waals surface area contributed by atoms with Crippen LogP contribution in [-0.4, -0.2) is 46.2 Å². The summed E-state index contributed by atoms with van der Waals surface area (Å²) in [7, 11) is 0.